The minimum atomic E-state index is -0.423. The number of thiocarbonyl (C=S) groups is 1. The normalized spacial score (nSPS) is 27.1. The predicted molar refractivity (Wildman–Crippen MR) is 49.2 cm³/mol. The predicted octanol–water partition coefficient (Wildman–Crippen LogP) is 0.804. The molecule has 0 unspecified atom stereocenters. The van der Waals surface area contributed by atoms with E-state index < -0.39 is 5.97 Å². The molecule has 0 aromatic heterocycles. The lowest BCUT2D eigenvalue weighted by Crippen LogP contribution is -2.16. The van der Waals surface area contributed by atoms with Crippen molar-refractivity contribution in [2.75, 3.05) is 7.11 Å². The van der Waals surface area contributed by atoms with E-state index in [1.165, 1.54) is 13.2 Å². The first-order valence-corrected chi connectivity index (χ1v) is 4.17. The van der Waals surface area contributed by atoms with Crippen LogP contribution in [-0.2, 0) is 19.0 Å². The second-order valence-electron chi connectivity index (χ2n) is 2.54. The van der Waals surface area contributed by atoms with Crippen LogP contribution in [0.1, 0.15) is 6.92 Å². The number of carbonyl (C=O) groups excluding carboxylic acids is 1. The van der Waals surface area contributed by atoms with Gasteiger partial charge in [-0.3, -0.25) is 0 Å². The summed E-state index contributed by atoms with van der Waals surface area (Å²) < 4.78 is 14.5. The summed E-state index contributed by atoms with van der Waals surface area (Å²) in [6, 6.07) is 0. The molecule has 1 fully saturated rings. The Morgan fingerprint density at radius 2 is 2.31 bits per heavy atom. The van der Waals surface area contributed by atoms with E-state index in [2.05, 4.69) is 17.0 Å². The highest BCUT2D eigenvalue weighted by molar-refractivity contribution is 7.79. The zero-order valence-electron chi connectivity index (χ0n) is 7.35. The van der Waals surface area contributed by atoms with Gasteiger partial charge in [0.1, 0.15) is 6.10 Å². The molecular weight excluding hydrogens is 192 g/mol. The third-order valence-electron chi connectivity index (χ3n) is 1.60. The highest BCUT2D eigenvalue weighted by Gasteiger charge is 2.28. The molecule has 1 heterocycles. The van der Waals surface area contributed by atoms with Gasteiger partial charge in [-0.05, 0) is 13.0 Å². The molecule has 5 heteroatoms. The molecular formula is C8H10O4S. The standard InChI is InChI=1S/C8H10O4S/c1-5-6(12-8(13)11-5)3-4-7(9)10-2/h3-6H,1-2H3/b4-3+/t5-,6-/m0/s1. The maximum absolute atomic E-state index is 10.7. The highest BCUT2D eigenvalue weighted by atomic mass is 32.1. The van der Waals surface area contributed by atoms with E-state index in [1.54, 1.807) is 6.08 Å². The van der Waals surface area contributed by atoms with Gasteiger partial charge < -0.3 is 14.2 Å². The Kier molecular flexibility index (Phi) is 3.25. The number of hydrogen-bond acceptors (Lipinski definition) is 5. The van der Waals surface area contributed by atoms with Crippen LogP contribution in [0, 0.1) is 0 Å². The second-order valence-corrected chi connectivity index (χ2v) is 2.87. The van der Waals surface area contributed by atoms with E-state index in [4.69, 9.17) is 9.47 Å². The fourth-order valence-electron chi connectivity index (χ4n) is 0.891. The summed E-state index contributed by atoms with van der Waals surface area (Å²) in [7, 11) is 1.31. The molecule has 1 aliphatic heterocycles. The Morgan fingerprint density at radius 1 is 1.62 bits per heavy atom. The lowest BCUT2D eigenvalue weighted by Gasteiger charge is -2.04. The van der Waals surface area contributed by atoms with Gasteiger partial charge in [-0.25, -0.2) is 4.79 Å². The quantitative estimate of drug-likeness (QED) is 0.376. The van der Waals surface area contributed by atoms with Gasteiger partial charge in [0.2, 0.25) is 0 Å². The zero-order chi connectivity index (χ0) is 9.84. The Bertz CT molecular complexity index is 249. The maximum Gasteiger partial charge on any atom is 0.353 e. The smallest absolute Gasteiger partial charge is 0.353 e. The monoisotopic (exact) mass is 202 g/mol. The topological polar surface area (TPSA) is 44.8 Å². The number of esters is 1. The summed E-state index contributed by atoms with van der Waals surface area (Å²) in [6.07, 6.45) is 2.40. The van der Waals surface area contributed by atoms with Crippen LogP contribution in [0.25, 0.3) is 0 Å². The van der Waals surface area contributed by atoms with Gasteiger partial charge >= 0.3 is 11.2 Å². The van der Waals surface area contributed by atoms with E-state index in [9.17, 15) is 4.79 Å². The van der Waals surface area contributed by atoms with Crippen molar-refractivity contribution < 1.29 is 19.0 Å². The molecule has 0 radical (unpaired) electrons. The van der Waals surface area contributed by atoms with Crippen LogP contribution in [0.5, 0.6) is 0 Å². The Morgan fingerprint density at radius 3 is 2.77 bits per heavy atom. The van der Waals surface area contributed by atoms with Crippen molar-refractivity contribution in [1.82, 2.24) is 0 Å². The van der Waals surface area contributed by atoms with Crippen molar-refractivity contribution in [3.8, 4) is 0 Å². The molecule has 1 aliphatic rings. The molecule has 0 aliphatic carbocycles. The molecule has 0 spiro atoms. The molecule has 0 aromatic carbocycles. The fourth-order valence-corrected chi connectivity index (χ4v) is 1.15. The van der Waals surface area contributed by atoms with Gasteiger partial charge in [-0.15, -0.1) is 0 Å². The summed E-state index contributed by atoms with van der Waals surface area (Å²) in [5.74, 6) is -0.423. The maximum atomic E-state index is 10.7. The van der Waals surface area contributed by atoms with Gasteiger partial charge in [0, 0.05) is 18.3 Å². The van der Waals surface area contributed by atoms with Crippen LogP contribution in [-0.4, -0.2) is 30.5 Å². The van der Waals surface area contributed by atoms with Crippen LogP contribution in [0.3, 0.4) is 0 Å². The van der Waals surface area contributed by atoms with Crippen molar-refractivity contribution in [3.63, 3.8) is 0 Å². The summed E-state index contributed by atoms with van der Waals surface area (Å²) in [5.41, 5.74) is 0. The van der Waals surface area contributed by atoms with E-state index in [1.807, 2.05) is 6.92 Å². The number of carbonyl (C=O) groups is 1. The highest BCUT2D eigenvalue weighted by Crippen LogP contribution is 2.15. The Labute approximate surface area is 81.5 Å². The average molecular weight is 202 g/mol. The number of hydrogen-bond donors (Lipinski definition) is 0. The van der Waals surface area contributed by atoms with E-state index in [0.717, 1.165) is 0 Å². The molecule has 13 heavy (non-hydrogen) atoms. The minimum Gasteiger partial charge on any atom is -0.466 e. The average Bonchev–Trinajstić information content (AvgIpc) is 2.41. The van der Waals surface area contributed by atoms with Crippen LogP contribution in [0.4, 0.5) is 0 Å². The Balaban J connectivity index is 2.49. The first-order valence-electron chi connectivity index (χ1n) is 3.77. The molecule has 0 N–H and O–H groups in total. The molecule has 4 nitrogen and oxygen atoms in total. The fraction of sp³-hybridized carbons (Fsp3) is 0.500. The van der Waals surface area contributed by atoms with Crippen molar-refractivity contribution in [2.45, 2.75) is 19.1 Å². The Hall–Kier alpha value is -1.10. The van der Waals surface area contributed by atoms with Crippen molar-refractivity contribution in [2.24, 2.45) is 0 Å². The largest absolute Gasteiger partial charge is 0.466 e. The molecule has 0 saturated carbocycles. The SMILES string of the molecule is COC(=O)/C=C/[C@@H]1OC(=S)O[C@H]1C. The zero-order valence-corrected chi connectivity index (χ0v) is 8.17. The lowest BCUT2D eigenvalue weighted by molar-refractivity contribution is -0.134. The van der Waals surface area contributed by atoms with Gasteiger partial charge in [-0.1, -0.05) is 0 Å². The molecule has 1 saturated heterocycles. The molecule has 0 aromatic rings. The molecule has 2 atom stereocenters. The van der Waals surface area contributed by atoms with Gasteiger partial charge in [0.05, 0.1) is 7.11 Å². The van der Waals surface area contributed by atoms with Crippen LogP contribution in [0.2, 0.25) is 0 Å². The third-order valence-corrected chi connectivity index (χ3v) is 1.79. The van der Waals surface area contributed by atoms with Gasteiger partial charge in [0.25, 0.3) is 0 Å². The summed E-state index contributed by atoms with van der Waals surface area (Å²) in [5, 5.41) is 0.118. The molecule has 0 bridgehead atoms. The van der Waals surface area contributed by atoms with Crippen molar-refractivity contribution >= 4 is 23.4 Å². The first kappa shape index (κ1) is 9.98. The van der Waals surface area contributed by atoms with E-state index >= 15 is 0 Å². The second kappa shape index (κ2) is 4.23. The van der Waals surface area contributed by atoms with Crippen molar-refractivity contribution in [3.05, 3.63) is 12.2 Å². The molecule has 1 rings (SSSR count). The van der Waals surface area contributed by atoms with Gasteiger partial charge in [0.15, 0.2) is 6.10 Å². The van der Waals surface area contributed by atoms with Crippen LogP contribution >= 0.6 is 12.2 Å². The number of ether oxygens (including phenoxy) is 3. The van der Waals surface area contributed by atoms with Gasteiger partial charge in [-0.2, -0.15) is 0 Å². The van der Waals surface area contributed by atoms with Crippen molar-refractivity contribution in [1.29, 1.82) is 0 Å². The molecule has 0 amide bonds. The summed E-state index contributed by atoms with van der Waals surface area (Å²) in [6.45, 7) is 1.81. The lowest BCUT2D eigenvalue weighted by atomic mass is 10.2. The summed E-state index contributed by atoms with van der Waals surface area (Å²) >= 11 is 4.69. The third kappa shape index (κ3) is 2.69. The first-order chi connectivity index (χ1) is 6.13. The van der Waals surface area contributed by atoms with Crippen LogP contribution in [0.15, 0.2) is 12.2 Å². The minimum absolute atomic E-state index is 0.118. The summed E-state index contributed by atoms with van der Waals surface area (Å²) in [4.78, 5) is 10.7. The molecule has 72 valence electrons. The number of rotatable bonds is 2. The number of methoxy groups -OCH3 is 1. The van der Waals surface area contributed by atoms with Crippen LogP contribution < -0.4 is 0 Å². The van der Waals surface area contributed by atoms with E-state index in [0.29, 0.717) is 0 Å². The van der Waals surface area contributed by atoms with E-state index in [-0.39, 0.29) is 17.4 Å².